The van der Waals surface area contributed by atoms with Crippen molar-refractivity contribution in [2.45, 2.75) is 6.92 Å². The molecule has 2 aromatic heterocycles. The number of fused-ring (bicyclic) bond motifs is 1. The van der Waals surface area contributed by atoms with Gasteiger partial charge in [0.25, 0.3) is 5.56 Å². The van der Waals surface area contributed by atoms with Crippen molar-refractivity contribution in [1.82, 2.24) is 14.3 Å². The lowest BCUT2D eigenvalue weighted by Gasteiger charge is -2.07. The molecule has 4 aromatic rings. The van der Waals surface area contributed by atoms with Gasteiger partial charge in [-0.3, -0.25) is 14.3 Å². The first kappa shape index (κ1) is 17.9. The maximum atomic E-state index is 12.8. The molecule has 140 valence electrons. The molecule has 0 bridgehead atoms. The Balaban J connectivity index is 1.59. The number of amides is 1. The molecule has 6 nitrogen and oxygen atoms in total. The molecule has 0 unspecified atom stereocenters. The lowest BCUT2D eigenvalue weighted by molar-refractivity contribution is -0.111. The summed E-state index contributed by atoms with van der Waals surface area (Å²) in [7, 11) is 1.79. The molecule has 0 aliphatic heterocycles. The Kier molecular flexibility index (Phi) is 4.67. The minimum absolute atomic E-state index is 0.269. The minimum Gasteiger partial charge on any atom is -0.316 e. The normalized spacial score (nSPS) is 11.4. The highest BCUT2D eigenvalue weighted by molar-refractivity contribution is 7.19. The Hall–Kier alpha value is -3.45. The van der Waals surface area contributed by atoms with Crippen molar-refractivity contribution in [2.75, 3.05) is 5.32 Å². The van der Waals surface area contributed by atoms with Crippen molar-refractivity contribution in [1.29, 1.82) is 0 Å². The number of carbonyl (C=O) groups is 1. The first-order valence-corrected chi connectivity index (χ1v) is 9.55. The molecule has 28 heavy (non-hydrogen) atoms. The smallest absolute Gasteiger partial charge is 0.295 e. The van der Waals surface area contributed by atoms with Crippen LogP contribution < -0.4 is 10.9 Å². The van der Waals surface area contributed by atoms with Gasteiger partial charge in [-0.25, -0.2) is 9.67 Å². The van der Waals surface area contributed by atoms with Crippen LogP contribution in [0.15, 0.2) is 65.5 Å². The van der Waals surface area contributed by atoms with Gasteiger partial charge in [0, 0.05) is 13.1 Å². The van der Waals surface area contributed by atoms with Gasteiger partial charge >= 0.3 is 0 Å². The third kappa shape index (κ3) is 3.27. The number of benzene rings is 2. The number of anilines is 1. The summed E-state index contributed by atoms with van der Waals surface area (Å²) in [5, 5.41) is 3.45. The van der Waals surface area contributed by atoms with Crippen molar-refractivity contribution in [3.05, 3.63) is 81.7 Å². The van der Waals surface area contributed by atoms with Crippen LogP contribution in [-0.4, -0.2) is 20.3 Å². The largest absolute Gasteiger partial charge is 0.316 e. The molecular weight excluding hydrogens is 372 g/mol. The molecule has 2 heterocycles. The highest BCUT2D eigenvalue weighted by Crippen LogP contribution is 2.22. The summed E-state index contributed by atoms with van der Waals surface area (Å²) in [5.41, 5.74) is 2.31. The summed E-state index contributed by atoms with van der Waals surface area (Å²) in [4.78, 5) is 29.7. The highest BCUT2D eigenvalue weighted by Gasteiger charge is 2.17. The average molecular weight is 390 g/mol. The van der Waals surface area contributed by atoms with E-state index in [1.165, 1.54) is 22.1 Å². The zero-order valence-electron chi connectivity index (χ0n) is 15.4. The van der Waals surface area contributed by atoms with Crippen LogP contribution in [0.25, 0.3) is 22.0 Å². The van der Waals surface area contributed by atoms with Crippen LogP contribution in [-0.2, 0) is 11.8 Å². The van der Waals surface area contributed by atoms with E-state index in [1.54, 1.807) is 24.7 Å². The number of nitrogens with zero attached hydrogens (tertiary/aromatic N) is 3. The summed E-state index contributed by atoms with van der Waals surface area (Å²) in [6.07, 6.45) is 3.06. The Morgan fingerprint density at radius 1 is 1.11 bits per heavy atom. The quantitative estimate of drug-likeness (QED) is 0.540. The molecule has 0 atom stereocenters. The van der Waals surface area contributed by atoms with Gasteiger partial charge < -0.3 is 5.32 Å². The molecule has 0 fully saturated rings. The minimum atomic E-state index is -0.370. The third-order valence-electron chi connectivity index (χ3n) is 4.49. The van der Waals surface area contributed by atoms with E-state index in [9.17, 15) is 9.59 Å². The average Bonchev–Trinajstić information content (AvgIpc) is 3.21. The Bertz CT molecular complexity index is 1220. The van der Waals surface area contributed by atoms with Gasteiger partial charge in [-0.2, -0.15) is 0 Å². The molecule has 0 aliphatic carbocycles. The molecule has 0 saturated heterocycles. The van der Waals surface area contributed by atoms with Crippen LogP contribution in [0.1, 0.15) is 10.7 Å². The molecule has 7 heteroatoms. The number of hydrogen-bond donors (Lipinski definition) is 1. The van der Waals surface area contributed by atoms with Gasteiger partial charge in [0.2, 0.25) is 5.91 Å². The fourth-order valence-corrected chi connectivity index (χ4v) is 3.86. The van der Waals surface area contributed by atoms with E-state index < -0.39 is 0 Å². The predicted molar refractivity (Wildman–Crippen MR) is 113 cm³/mol. The number of carbonyl (C=O) groups excluding carboxylic acids is 1. The van der Waals surface area contributed by atoms with Gasteiger partial charge in [-0.1, -0.05) is 30.3 Å². The summed E-state index contributed by atoms with van der Waals surface area (Å²) in [6, 6.07) is 17.1. The monoisotopic (exact) mass is 390 g/mol. The number of para-hydroxylation sites is 2. The topological polar surface area (TPSA) is 68.9 Å². The fraction of sp³-hybridized carbons (Fsp3) is 0.0952. The predicted octanol–water partition coefficient (Wildman–Crippen LogP) is 3.75. The van der Waals surface area contributed by atoms with E-state index in [1.807, 2.05) is 54.6 Å². The van der Waals surface area contributed by atoms with Gasteiger partial charge in [0.15, 0.2) is 0 Å². The van der Waals surface area contributed by atoms with Crippen LogP contribution in [0.5, 0.6) is 0 Å². The first-order chi connectivity index (χ1) is 13.5. The molecular formula is C21H18N4O2S. The Morgan fingerprint density at radius 2 is 1.82 bits per heavy atom. The van der Waals surface area contributed by atoms with E-state index in [-0.39, 0.29) is 17.2 Å². The second-order valence-corrected chi connectivity index (χ2v) is 7.34. The maximum absolute atomic E-state index is 12.8. The number of hydrogen-bond acceptors (Lipinski definition) is 4. The van der Waals surface area contributed by atoms with Crippen LogP contribution in [0.4, 0.5) is 5.69 Å². The van der Waals surface area contributed by atoms with Crippen LogP contribution in [0, 0.1) is 6.92 Å². The van der Waals surface area contributed by atoms with Crippen molar-refractivity contribution in [3.8, 4) is 5.69 Å². The Labute approximate surface area is 165 Å². The molecule has 0 spiro atoms. The maximum Gasteiger partial charge on any atom is 0.295 e. The first-order valence-electron chi connectivity index (χ1n) is 8.73. The fourth-order valence-electron chi connectivity index (χ4n) is 2.99. The standard InChI is InChI=1S/C21H18N4O2S/c1-14-20(21(27)25(24(14)2)15-8-4-3-5-9-15)23-18(26)12-13-19-22-16-10-6-7-11-17(16)28-19/h3-13H,1-2H3,(H,23,26)/b13-12+. The van der Waals surface area contributed by atoms with Gasteiger partial charge in [-0.15, -0.1) is 11.3 Å². The summed E-state index contributed by atoms with van der Waals surface area (Å²) in [5.74, 6) is -0.370. The lowest BCUT2D eigenvalue weighted by atomic mass is 10.3. The third-order valence-corrected chi connectivity index (χ3v) is 5.49. The van der Waals surface area contributed by atoms with E-state index >= 15 is 0 Å². The van der Waals surface area contributed by atoms with Crippen LogP contribution in [0.2, 0.25) is 0 Å². The molecule has 0 radical (unpaired) electrons. The number of nitrogens with one attached hydrogen (secondary N) is 1. The molecule has 1 amide bonds. The van der Waals surface area contributed by atoms with Crippen molar-refractivity contribution >= 4 is 39.2 Å². The van der Waals surface area contributed by atoms with E-state index in [4.69, 9.17) is 0 Å². The SMILES string of the molecule is Cc1c(NC(=O)/C=C/c2nc3ccccc3s2)c(=O)n(-c2ccccc2)n1C. The number of rotatable bonds is 4. The zero-order chi connectivity index (χ0) is 19.7. The number of aromatic nitrogens is 3. The van der Waals surface area contributed by atoms with Crippen molar-refractivity contribution in [2.24, 2.45) is 7.05 Å². The van der Waals surface area contributed by atoms with Gasteiger partial charge in [0.05, 0.1) is 21.6 Å². The van der Waals surface area contributed by atoms with Crippen LogP contribution >= 0.6 is 11.3 Å². The van der Waals surface area contributed by atoms with E-state index in [0.717, 1.165) is 20.9 Å². The number of thiazole rings is 1. The molecule has 0 aliphatic rings. The summed E-state index contributed by atoms with van der Waals surface area (Å²) < 4.78 is 4.32. The summed E-state index contributed by atoms with van der Waals surface area (Å²) in [6.45, 7) is 1.80. The van der Waals surface area contributed by atoms with Crippen molar-refractivity contribution < 1.29 is 4.79 Å². The molecule has 0 saturated carbocycles. The Morgan fingerprint density at radius 3 is 2.57 bits per heavy atom. The van der Waals surface area contributed by atoms with Gasteiger partial charge in [0.1, 0.15) is 10.7 Å². The molecule has 4 rings (SSSR count). The van der Waals surface area contributed by atoms with E-state index in [2.05, 4.69) is 10.3 Å². The molecule has 1 N–H and O–H groups in total. The summed E-state index contributed by atoms with van der Waals surface area (Å²) >= 11 is 1.51. The zero-order valence-corrected chi connectivity index (χ0v) is 16.2. The van der Waals surface area contributed by atoms with Crippen molar-refractivity contribution in [3.63, 3.8) is 0 Å². The molecule has 2 aromatic carbocycles. The highest BCUT2D eigenvalue weighted by atomic mass is 32.1. The lowest BCUT2D eigenvalue weighted by Crippen LogP contribution is -2.22. The van der Waals surface area contributed by atoms with Crippen LogP contribution in [0.3, 0.4) is 0 Å². The second-order valence-electron chi connectivity index (χ2n) is 6.28. The second kappa shape index (κ2) is 7.28. The van der Waals surface area contributed by atoms with Gasteiger partial charge in [-0.05, 0) is 37.3 Å². The van der Waals surface area contributed by atoms with E-state index in [0.29, 0.717) is 5.69 Å².